The van der Waals surface area contributed by atoms with Gasteiger partial charge in [-0.05, 0) is 52.5 Å². The average molecular weight is 310 g/mol. The fourth-order valence-corrected chi connectivity index (χ4v) is 4.18. The lowest BCUT2D eigenvalue weighted by Crippen LogP contribution is -2.45. The molecule has 3 saturated heterocycles. The number of amides is 1. The van der Waals surface area contributed by atoms with Crippen LogP contribution in [0.25, 0.3) is 0 Å². The van der Waals surface area contributed by atoms with Crippen molar-refractivity contribution in [2.75, 3.05) is 26.2 Å². The van der Waals surface area contributed by atoms with Gasteiger partial charge >= 0.3 is 0 Å². The predicted molar refractivity (Wildman–Crippen MR) is 84.7 cm³/mol. The second-order valence-corrected chi connectivity index (χ2v) is 7.23. The summed E-state index contributed by atoms with van der Waals surface area (Å²) >= 11 is 0. The zero-order valence-corrected chi connectivity index (χ0v) is 13.9. The Hall–Kier alpha value is -0.650. The number of nitrogens with zero attached hydrogens (tertiary/aromatic N) is 1. The fourth-order valence-electron chi connectivity index (χ4n) is 4.18. The molecule has 3 fully saturated rings. The van der Waals surface area contributed by atoms with E-state index in [9.17, 15) is 4.79 Å². The molecule has 3 rings (SSSR count). The van der Waals surface area contributed by atoms with Crippen LogP contribution in [0.3, 0.4) is 0 Å². The zero-order valence-electron chi connectivity index (χ0n) is 13.9. The summed E-state index contributed by atoms with van der Waals surface area (Å²) in [6.07, 6.45) is 6.54. The van der Waals surface area contributed by atoms with E-state index in [4.69, 9.17) is 9.47 Å². The molecule has 1 N–H and O–H groups in total. The molecule has 0 saturated carbocycles. The highest BCUT2D eigenvalue weighted by Gasteiger charge is 2.44. The zero-order chi connectivity index (χ0) is 15.5. The van der Waals surface area contributed by atoms with Crippen molar-refractivity contribution in [1.82, 2.24) is 10.2 Å². The largest absolute Gasteiger partial charge is 0.374 e. The second-order valence-electron chi connectivity index (χ2n) is 7.23. The van der Waals surface area contributed by atoms with Crippen LogP contribution in [0.15, 0.2) is 0 Å². The Morgan fingerprint density at radius 2 is 1.91 bits per heavy atom. The highest BCUT2D eigenvalue weighted by Crippen LogP contribution is 2.38. The normalized spacial score (nSPS) is 38.4. The highest BCUT2D eigenvalue weighted by molar-refractivity contribution is 5.79. The van der Waals surface area contributed by atoms with Crippen LogP contribution in [0.4, 0.5) is 0 Å². The third-order valence-corrected chi connectivity index (χ3v) is 5.14. The first kappa shape index (κ1) is 16.2. The Bertz CT molecular complexity index is 380. The van der Waals surface area contributed by atoms with E-state index in [1.807, 2.05) is 0 Å². The van der Waals surface area contributed by atoms with Gasteiger partial charge in [0.05, 0.1) is 30.3 Å². The number of morpholine rings is 1. The number of hydrogen-bond donors (Lipinski definition) is 1. The summed E-state index contributed by atoms with van der Waals surface area (Å²) in [4.78, 5) is 14.6. The molecule has 3 heterocycles. The van der Waals surface area contributed by atoms with Crippen molar-refractivity contribution in [2.45, 2.75) is 70.4 Å². The second kappa shape index (κ2) is 7.28. The summed E-state index contributed by atoms with van der Waals surface area (Å²) in [6, 6.07) is 0. The Morgan fingerprint density at radius 1 is 1.14 bits per heavy atom. The molecule has 0 spiro atoms. The van der Waals surface area contributed by atoms with E-state index >= 15 is 0 Å². The van der Waals surface area contributed by atoms with Gasteiger partial charge in [0.2, 0.25) is 5.91 Å². The third kappa shape index (κ3) is 4.00. The number of nitrogens with one attached hydrogen (secondary N) is 1. The molecular weight excluding hydrogens is 280 g/mol. The summed E-state index contributed by atoms with van der Waals surface area (Å²) in [6.45, 7) is 8.23. The Morgan fingerprint density at radius 3 is 2.55 bits per heavy atom. The number of rotatable bonds is 6. The first-order chi connectivity index (χ1) is 10.6. The van der Waals surface area contributed by atoms with Crippen molar-refractivity contribution in [3.05, 3.63) is 0 Å². The van der Waals surface area contributed by atoms with Crippen molar-refractivity contribution < 1.29 is 14.3 Å². The number of carbonyl (C=O) groups excluding carboxylic acids is 1. The predicted octanol–water partition coefficient (Wildman–Crippen LogP) is 1.56. The first-order valence-corrected chi connectivity index (χ1v) is 8.93. The van der Waals surface area contributed by atoms with Gasteiger partial charge in [-0.15, -0.1) is 0 Å². The number of hydrogen-bond acceptors (Lipinski definition) is 4. The van der Waals surface area contributed by atoms with Gasteiger partial charge in [-0.2, -0.15) is 0 Å². The molecule has 3 aliphatic heterocycles. The van der Waals surface area contributed by atoms with E-state index in [2.05, 4.69) is 24.1 Å². The maximum atomic E-state index is 12.2. The summed E-state index contributed by atoms with van der Waals surface area (Å²) in [5.41, 5.74) is 0. The molecule has 0 aromatic rings. The number of carbonyl (C=O) groups is 1. The van der Waals surface area contributed by atoms with Crippen LogP contribution in [0.1, 0.15) is 46.0 Å². The molecule has 3 aliphatic rings. The van der Waals surface area contributed by atoms with Crippen LogP contribution in [-0.4, -0.2) is 61.4 Å². The van der Waals surface area contributed by atoms with Crippen LogP contribution >= 0.6 is 0 Å². The first-order valence-electron chi connectivity index (χ1n) is 8.93. The molecule has 126 valence electrons. The Kier molecular flexibility index (Phi) is 5.37. The van der Waals surface area contributed by atoms with Crippen LogP contribution < -0.4 is 5.32 Å². The minimum atomic E-state index is 0.111. The van der Waals surface area contributed by atoms with Crippen molar-refractivity contribution in [3.63, 3.8) is 0 Å². The lowest BCUT2D eigenvalue weighted by molar-refractivity contribution is -0.126. The maximum absolute atomic E-state index is 12.2. The molecule has 0 aromatic carbocycles. The number of unbranched alkanes of at least 4 members (excludes halogenated alkanes) is 1. The van der Waals surface area contributed by atoms with Crippen molar-refractivity contribution in [3.8, 4) is 0 Å². The molecule has 1 amide bonds. The monoisotopic (exact) mass is 310 g/mol. The van der Waals surface area contributed by atoms with Gasteiger partial charge in [0.25, 0.3) is 0 Å². The Balaban J connectivity index is 1.27. The van der Waals surface area contributed by atoms with Gasteiger partial charge in [0.1, 0.15) is 0 Å². The van der Waals surface area contributed by atoms with Crippen LogP contribution in [-0.2, 0) is 14.3 Å². The lowest BCUT2D eigenvalue weighted by atomic mass is 9.88. The highest BCUT2D eigenvalue weighted by atomic mass is 16.5. The van der Waals surface area contributed by atoms with E-state index in [0.717, 1.165) is 58.3 Å². The van der Waals surface area contributed by atoms with Crippen LogP contribution in [0, 0.1) is 5.92 Å². The van der Waals surface area contributed by atoms with E-state index in [-0.39, 0.29) is 17.9 Å². The van der Waals surface area contributed by atoms with E-state index in [1.54, 1.807) is 0 Å². The molecule has 5 heteroatoms. The van der Waals surface area contributed by atoms with E-state index < -0.39 is 0 Å². The molecule has 22 heavy (non-hydrogen) atoms. The lowest BCUT2D eigenvalue weighted by Gasteiger charge is -2.35. The Labute approximate surface area is 133 Å². The van der Waals surface area contributed by atoms with Crippen molar-refractivity contribution >= 4 is 5.91 Å². The van der Waals surface area contributed by atoms with Gasteiger partial charge in [-0.25, -0.2) is 0 Å². The minimum Gasteiger partial charge on any atom is -0.374 e. The summed E-state index contributed by atoms with van der Waals surface area (Å²) < 4.78 is 11.5. The summed E-state index contributed by atoms with van der Waals surface area (Å²) in [5.74, 6) is 0.320. The minimum absolute atomic E-state index is 0.111. The molecule has 5 atom stereocenters. The van der Waals surface area contributed by atoms with Gasteiger partial charge < -0.3 is 14.8 Å². The molecule has 5 nitrogen and oxygen atoms in total. The molecule has 0 aromatic heterocycles. The summed E-state index contributed by atoms with van der Waals surface area (Å²) in [7, 11) is 0. The van der Waals surface area contributed by atoms with Gasteiger partial charge in [0.15, 0.2) is 0 Å². The average Bonchev–Trinajstić information content (AvgIpc) is 3.08. The topological polar surface area (TPSA) is 50.8 Å². The molecule has 0 unspecified atom stereocenters. The van der Waals surface area contributed by atoms with Crippen molar-refractivity contribution in [1.29, 1.82) is 0 Å². The molecular formula is C17H30N2O3. The van der Waals surface area contributed by atoms with Gasteiger partial charge in [-0.3, -0.25) is 9.69 Å². The molecule has 2 bridgehead atoms. The number of ether oxygens (including phenoxy) is 2. The smallest absolute Gasteiger partial charge is 0.225 e. The van der Waals surface area contributed by atoms with Gasteiger partial charge in [-0.1, -0.05) is 0 Å². The fraction of sp³-hybridized carbons (Fsp3) is 0.941. The maximum Gasteiger partial charge on any atom is 0.225 e. The summed E-state index contributed by atoms with van der Waals surface area (Å²) in [5, 5.41) is 3.10. The SMILES string of the molecule is C[C@H]1CN(CCCCNC(=O)[C@@H]2C[C@@H]3CC[C@@H]2O3)C[C@H](C)O1. The number of fused-ring (bicyclic) bond motifs is 2. The van der Waals surface area contributed by atoms with Gasteiger partial charge in [0, 0.05) is 19.6 Å². The molecule has 0 aliphatic carbocycles. The van der Waals surface area contributed by atoms with Crippen molar-refractivity contribution in [2.24, 2.45) is 5.92 Å². The standard InChI is InChI=1S/C17H30N2O3/c1-12-10-19(11-13(2)21-12)8-4-3-7-18-17(20)15-9-14-5-6-16(15)22-14/h12-16H,3-11H2,1-2H3,(H,18,20)/t12-,13-,14-,15+,16-/m0/s1. The third-order valence-electron chi connectivity index (χ3n) is 5.14. The van der Waals surface area contributed by atoms with Crippen LogP contribution in [0.5, 0.6) is 0 Å². The van der Waals surface area contributed by atoms with Crippen LogP contribution in [0.2, 0.25) is 0 Å². The molecule has 0 radical (unpaired) electrons. The quantitative estimate of drug-likeness (QED) is 0.757. The van der Waals surface area contributed by atoms with E-state index in [0.29, 0.717) is 18.3 Å². The van der Waals surface area contributed by atoms with E-state index in [1.165, 1.54) is 0 Å².